The van der Waals surface area contributed by atoms with Crippen molar-refractivity contribution in [2.45, 2.75) is 50.2 Å². The van der Waals surface area contributed by atoms with Crippen LogP contribution in [-0.2, 0) is 0 Å². The predicted molar refractivity (Wildman–Crippen MR) is 46.7 cm³/mol. The first kappa shape index (κ1) is 8.98. The van der Waals surface area contributed by atoms with Crippen molar-refractivity contribution >= 4 is 0 Å². The molecule has 3 nitrogen and oxygen atoms in total. The highest BCUT2D eigenvalue weighted by Crippen LogP contribution is 2.71. The third kappa shape index (κ3) is 0.722. The molecule has 0 aromatic heterocycles. The summed E-state index contributed by atoms with van der Waals surface area (Å²) in [6.45, 7) is 1.58. The molecule has 1 spiro atoms. The molecule has 0 heterocycles. The Morgan fingerprint density at radius 3 is 2.08 bits per heavy atom. The Hall–Kier alpha value is -0.590. The maximum absolute atomic E-state index is 9.95. The van der Waals surface area contributed by atoms with E-state index in [1.807, 2.05) is 6.07 Å². The molecule has 2 N–H and O–H groups in total. The quantitative estimate of drug-likeness (QED) is 0.547. The zero-order valence-electron chi connectivity index (χ0n) is 7.88. The minimum atomic E-state index is -1.49. The van der Waals surface area contributed by atoms with Crippen LogP contribution in [0, 0.1) is 16.7 Å². The molecule has 3 heteroatoms. The molecule has 2 aliphatic carbocycles. The lowest BCUT2D eigenvalue weighted by atomic mass is 9.82. The highest BCUT2D eigenvalue weighted by molar-refractivity contribution is 5.41. The SMILES string of the molecule is C[C@]1(O)C2(CCCCC2)[C@@]1(O)C#N. The van der Waals surface area contributed by atoms with Crippen molar-refractivity contribution in [3.05, 3.63) is 0 Å². The Balaban J connectivity index is 2.32. The van der Waals surface area contributed by atoms with Gasteiger partial charge in [0, 0.05) is 5.41 Å². The topological polar surface area (TPSA) is 64.2 Å². The first-order chi connectivity index (χ1) is 6.02. The van der Waals surface area contributed by atoms with E-state index < -0.39 is 16.6 Å². The van der Waals surface area contributed by atoms with Gasteiger partial charge in [-0.1, -0.05) is 19.3 Å². The molecule has 0 saturated heterocycles. The Morgan fingerprint density at radius 1 is 1.15 bits per heavy atom. The molecule has 0 radical (unpaired) electrons. The lowest BCUT2D eigenvalue weighted by molar-refractivity contribution is 0.0638. The zero-order valence-corrected chi connectivity index (χ0v) is 7.88. The summed E-state index contributed by atoms with van der Waals surface area (Å²) in [5.41, 5.74) is -3.19. The molecule has 0 bridgehead atoms. The number of hydrogen-bond acceptors (Lipinski definition) is 3. The average molecular weight is 181 g/mol. The Morgan fingerprint density at radius 2 is 1.69 bits per heavy atom. The first-order valence-corrected chi connectivity index (χ1v) is 4.88. The zero-order chi connectivity index (χ0) is 9.74. The molecule has 2 rings (SSSR count). The van der Waals surface area contributed by atoms with Gasteiger partial charge in [0.05, 0.1) is 0 Å². The van der Waals surface area contributed by atoms with Crippen molar-refractivity contribution in [1.82, 2.24) is 0 Å². The molecule has 2 fully saturated rings. The summed E-state index contributed by atoms with van der Waals surface area (Å²) in [6.07, 6.45) is 4.74. The van der Waals surface area contributed by atoms with Gasteiger partial charge < -0.3 is 10.2 Å². The molecule has 72 valence electrons. The molecule has 13 heavy (non-hydrogen) atoms. The molecule has 0 aromatic carbocycles. The molecule has 0 amide bonds. The molecular weight excluding hydrogens is 166 g/mol. The summed E-state index contributed by atoms with van der Waals surface area (Å²) in [5.74, 6) is 0. The van der Waals surface area contributed by atoms with Gasteiger partial charge in [-0.3, -0.25) is 0 Å². The van der Waals surface area contributed by atoms with Gasteiger partial charge in [0.2, 0.25) is 0 Å². The normalized spacial score (nSPS) is 47.2. The predicted octanol–water partition coefficient (Wildman–Crippen LogP) is 0.956. The molecule has 0 unspecified atom stereocenters. The van der Waals surface area contributed by atoms with Crippen molar-refractivity contribution < 1.29 is 10.2 Å². The van der Waals surface area contributed by atoms with E-state index in [2.05, 4.69) is 0 Å². The van der Waals surface area contributed by atoms with Gasteiger partial charge in [0.15, 0.2) is 5.60 Å². The van der Waals surface area contributed by atoms with Crippen LogP contribution in [0.25, 0.3) is 0 Å². The van der Waals surface area contributed by atoms with Gasteiger partial charge in [-0.15, -0.1) is 0 Å². The van der Waals surface area contributed by atoms with Gasteiger partial charge >= 0.3 is 0 Å². The number of hydrogen-bond donors (Lipinski definition) is 2. The second kappa shape index (κ2) is 2.26. The summed E-state index contributed by atoms with van der Waals surface area (Å²) in [6, 6.07) is 1.87. The van der Waals surface area contributed by atoms with Crippen molar-refractivity contribution in [3.8, 4) is 6.07 Å². The summed E-state index contributed by atoms with van der Waals surface area (Å²) < 4.78 is 0. The van der Waals surface area contributed by atoms with Crippen molar-refractivity contribution in [3.63, 3.8) is 0 Å². The molecule has 2 aliphatic rings. The molecule has 0 aliphatic heterocycles. The maximum atomic E-state index is 9.95. The van der Waals surface area contributed by atoms with E-state index in [1.165, 1.54) is 0 Å². The molecule has 2 saturated carbocycles. The van der Waals surface area contributed by atoms with Crippen LogP contribution in [-0.4, -0.2) is 21.4 Å². The van der Waals surface area contributed by atoms with E-state index in [0.717, 1.165) is 32.1 Å². The summed E-state index contributed by atoms with van der Waals surface area (Å²) in [5, 5.41) is 28.7. The van der Waals surface area contributed by atoms with Crippen LogP contribution in [0.15, 0.2) is 0 Å². The Bertz CT molecular complexity index is 273. The van der Waals surface area contributed by atoms with E-state index >= 15 is 0 Å². The van der Waals surface area contributed by atoms with Crippen LogP contribution in [0.4, 0.5) is 0 Å². The van der Waals surface area contributed by atoms with Crippen LogP contribution in [0.1, 0.15) is 39.0 Å². The molecular formula is C10H15NO2. The number of aliphatic hydroxyl groups is 2. The third-order valence-electron chi connectivity index (χ3n) is 4.14. The van der Waals surface area contributed by atoms with E-state index in [0.29, 0.717) is 0 Å². The number of nitriles is 1. The van der Waals surface area contributed by atoms with Gasteiger partial charge in [0.25, 0.3) is 0 Å². The van der Waals surface area contributed by atoms with Crippen LogP contribution in [0.2, 0.25) is 0 Å². The van der Waals surface area contributed by atoms with E-state index in [4.69, 9.17) is 5.26 Å². The third-order valence-corrected chi connectivity index (χ3v) is 4.14. The lowest BCUT2D eigenvalue weighted by Gasteiger charge is -2.23. The fourth-order valence-electron chi connectivity index (χ4n) is 3.05. The first-order valence-electron chi connectivity index (χ1n) is 4.88. The second-order valence-electron chi connectivity index (χ2n) is 4.54. The highest BCUT2D eigenvalue weighted by atomic mass is 16.4. The molecule has 2 atom stereocenters. The van der Waals surface area contributed by atoms with Gasteiger partial charge in [-0.25, -0.2) is 0 Å². The van der Waals surface area contributed by atoms with Crippen molar-refractivity contribution in [2.24, 2.45) is 5.41 Å². The van der Waals surface area contributed by atoms with E-state index in [1.54, 1.807) is 6.92 Å². The average Bonchev–Trinajstić information content (AvgIpc) is 2.49. The largest absolute Gasteiger partial charge is 0.385 e. The van der Waals surface area contributed by atoms with E-state index in [9.17, 15) is 10.2 Å². The van der Waals surface area contributed by atoms with Crippen molar-refractivity contribution in [2.75, 3.05) is 0 Å². The number of rotatable bonds is 0. The van der Waals surface area contributed by atoms with Gasteiger partial charge in [-0.05, 0) is 19.8 Å². The lowest BCUT2D eigenvalue weighted by Crippen LogP contribution is -2.20. The maximum Gasteiger partial charge on any atom is 0.188 e. The van der Waals surface area contributed by atoms with Crippen LogP contribution >= 0.6 is 0 Å². The standard InChI is InChI=1S/C10H15NO2/c1-8(12)9(10(8,13)7-11)5-3-2-4-6-9/h12-13H,2-6H2,1H3/t8-,10+/m0/s1. The summed E-state index contributed by atoms with van der Waals surface area (Å²) >= 11 is 0. The fraction of sp³-hybridized carbons (Fsp3) is 0.900. The van der Waals surface area contributed by atoms with Gasteiger partial charge in [-0.2, -0.15) is 5.26 Å². The second-order valence-corrected chi connectivity index (χ2v) is 4.54. The number of nitrogens with zero attached hydrogens (tertiary/aromatic N) is 1. The Labute approximate surface area is 78.0 Å². The van der Waals surface area contributed by atoms with Crippen LogP contribution in [0.3, 0.4) is 0 Å². The van der Waals surface area contributed by atoms with Gasteiger partial charge in [0.1, 0.15) is 11.7 Å². The minimum Gasteiger partial charge on any atom is -0.385 e. The monoisotopic (exact) mass is 181 g/mol. The Kier molecular flexibility index (Phi) is 1.56. The summed E-state index contributed by atoms with van der Waals surface area (Å²) in [4.78, 5) is 0. The summed E-state index contributed by atoms with van der Waals surface area (Å²) in [7, 11) is 0. The van der Waals surface area contributed by atoms with E-state index in [-0.39, 0.29) is 0 Å². The van der Waals surface area contributed by atoms with Crippen molar-refractivity contribution in [1.29, 1.82) is 5.26 Å². The molecule has 0 aromatic rings. The minimum absolute atomic E-state index is 0.521. The smallest absolute Gasteiger partial charge is 0.188 e. The van der Waals surface area contributed by atoms with Crippen LogP contribution < -0.4 is 0 Å². The fourth-order valence-corrected chi connectivity index (χ4v) is 3.05. The highest BCUT2D eigenvalue weighted by Gasteiger charge is 2.85. The van der Waals surface area contributed by atoms with Crippen LogP contribution in [0.5, 0.6) is 0 Å².